The first kappa shape index (κ1) is 19.3. The number of nitrogens with zero attached hydrogens (tertiary/aromatic N) is 4. The molecular formula is C16H26ClN5OS. The predicted octanol–water partition coefficient (Wildman–Crippen LogP) is 3.18. The molecule has 0 unspecified atom stereocenters. The van der Waals surface area contributed by atoms with E-state index in [0.717, 1.165) is 60.5 Å². The summed E-state index contributed by atoms with van der Waals surface area (Å²) in [5.41, 5.74) is 0.970. The smallest absolute Gasteiger partial charge is 0.191 e. The molecule has 0 spiro atoms. The fraction of sp³-hybridized carbons (Fsp3) is 0.688. The van der Waals surface area contributed by atoms with Gasteiger partial charge in [-0.1, -0.05) is 30.8 Å². The Balaban J connectivity index is 0.00000208. The Hall–Kier alpha value is -1.05. The quantitative estimate of drug-likeness (QED) is 0.786. The highest BCUT2D eigenvalue weighted by atomic mass is 35.5. The molecule has 2 aromatic rings. The second kappa shape index (κ2) is 8.87. The average Bonchev–Trinajstić information content (AvgIpc) is 3.12. The van der Waals surface area contributed by atoms with E-state index in [1.54, 1.807) is 11.8 Å². The molecule has 1 aliphatic rings. The normalized spacial score (nSPS) is 15.7. The molecule has 0 radical (unpaired) electrons. The van der Waals surface area contributed by atoms with Crippen LogP contribution in [0.3, 0.4) is 0 Å². The summed E-state index contributed by atoms with van der Waals surface area (Å²) in [4.78, 5) is 0. The Labute approximate surface area is 153 Å². The van der Waals surface area contributed by atoms with Crippen molar-refractivity contribution in [1.82, 2.24) is 25.2 Å². The molecule has 8 heteroatoms. The van der Waals surface area contributed by atoms with Crippen molar-refractivity contribution in [3.05, 3.63) is 23.3 Å². The lowest BCUT2D eigenvalue weighted by Crippen LogP contribution is -2.27. The van der Waals surface area contributed by atoms with Crippen LogP contribution in [-0.2, 0) is 19.2 Å². The largest absolute Gasteiger partial charge is 0.361 e. The van der Waals surface area contributed by atoms with E-state index in [0.29, 0.717) is 11.8 Å². The van der Waals surface area contributed by atoms with E-state index in [9.17, 15) is 0 Å². The van der Waals surface area contributed by atoms with E-state index in [-0.39, 0.29) is 12.4 Å². The lowest BCUT2D eigenvalue weighted by atomic mass is 9.97. The minimum atomic E-state index is 0. The Bertz CT molecular complexity index is 636. The van der Waals surface area contributed by atoms with Crippen LogP contribution >= 0.6 is 24.2 Å². The molecule has 0 atom stereocenters. The number of nitrogens with one attached hydrogen (secondary N) is 1. The topological polar surface area (TPSA) is 68.8 Å². The lowest BCUT2D eigenvalue weighted by molar-refractivity contribution is 0.365. The van der Waals surface area contributed by atoms with Crippen LogP contribution < -0.4 is 5.32 Å². The van der Waals surface area contributed by atoms with Crippen molar-refractivity contribution < 1.29 is 4.52 Å². The summed E-state index contributed by atoms with van der Waals surface area (Å²) < 4.78 is 7.52. The van der Waals surface area contributed by atoms with Gasteiger partial charge in [0.05, 0.1) is 5.69 Å². The summed E-state index contributed by atoms with van der Waals surface area (Å²) >= 11 is 1.67. The maximum Gasteiger partial charge on any atom is 0.191 e. The molecule has 24 heavy (non-hydrogen) atoms. The molecule has 0 saturated carbocycles. The second-order valence-electron chi connectivity index (χ2n) is 6.60. The molecule has 0 aliphatic carbocycles. The SMILES string of the molecule is CC(C)Cc1cc(CSc2nnc(C3CCNCC3)n2C)no1.Cl. The standard InChI is InChI=1S/C16H25N5OS.ClH/c1-11(2)8-14-9-13(20-22-14)10-23-16-19-18-15(21(16)3)12-4-6-17-7-5-12;/h9,11-12,17H,4-8,10H2,1-3H3;1H. The molecule has 0 bridgehead atoms. The first-order chi connectivity index (χ1) is 11.1. The zero-order chi connectivity index (χ0) is 16.2. The maximum absolute atomic E-state index is 5.38. The first-order valence-corrected chi connectivity index (χ1v) is 9.29. The molecule has 0 aromatic carbocycles. The van der Waals surface area contributed by atoms with Crippen molar-refractivity contribution in [2.45, 2.75) is 49.9 Å². The van der Waals surface area contributed by atoms with E-state index in [1.807, 2.05) is 0 Å². The Morgan fingerprint density at radius 3 is 2.79 bits per heavy atom. The molecule has 3 rings (SSSR count). The van der Waals surface area contributed by atoms with Gasteiger partial charge in [-0.15, -0.1) is 22.6 Å². The van der Waals surface area contributed by atoms with Crippen molar-refractivity contribution in [3.63, 3.8) is 0 Å². The molecule has 1 aliphatic heterocycles. The van der Waals surface area contributed by atoms with E-state index >= 15 is 0 Å². The number of thioether (sulfide) groups is 1. The molecule has 2 aromatic heterocycles. The Kier molecular flexibility index (Phi) is 7.13. The van der Waals surface area contributed by atoms with Crippen LogP contribution in [0.5, 0.6) is 0 Å². The van der Waals surface area contributed by atoms with Gasteiger partial charge in [0.15, 0.2) is 5.16 Å². The number of halogens is 1. The van der Waals surface area contributed by atoms with Crippen molar-refractivity contribution >= 4 is 24.2 Å². The summed E-state index contributed by atoms with van der Waals surface area (Å²) in [6.07, 6.45) is 3.21. The van der Waals surface area contributed by atoms with Crippen LogP contribution in [0.15, 0.2) is 15.7 Å². The summed E-state index contributed by atoms with van der Waals surface area (Å²) in [5, 5.41) is 17.3. The second-order valence-corrected chi connectivity index (χ2v) is 7.54. The van der Waals surface area contributed by atoms with Gasteiger partial charge in [0.1, 0.15) is 11.6 Å². The van der Waals surface area contributed by atoms with Crippen LogP contribution in [0.2, 0.25) is 0 Å². The highest BCUT2D eigenvalue weighted by molar-refractivity contribution is 7.98. The van der Waals surface area contributed by atoms with Gasteiger partial charge in [-0.25, -0.2) is 0 Å². The number of hydrogen-bond acceptors (Lipinski definition) is 6. The van der Waals surface area contributed by atoms with Crippen LogP contribution in [-0.4, -0.2) is 33.0 Å². The minimum absolute atomic E-state index is 0. The maximum atomic E-state index is 5.38. The highest BCUT2D eigenvalue weighted by Gasteiger charge is 2.21. The average molecular weight is 372 g/mol. The molecular weight excluding hydrogens is 346 g/mol. The lowest BCUT2D eigenvalue weighted by Gasteiger charge is -2.21. The molecule has 3 heterocycles. The fourth-order valence-corrected chi connectivity index (χ4v) is 3.75. The third kappa shape index (κ3) is 4.74. The number of piperidine rings is 1. The summed E-state index contributed by atoms with van der Waals surface area (Å²) in [6.45, 7) is 6.49. The van der Waals surface area contributed by atoms with Gasteiger partial charge < -0.3 is 14.4 Å². The van der Waals surface area contributed by atoms with E-state index in [4.69, 9.17) is 4.52 Å². The van der Waals surface area contributed by atoms with Gasteiger partial charge in [0.2, 0.25) is 0 Å². The van der Waals surface area contributed by atoms with Gasteiger partial charge in [-0.3, -0.25) is 0 Å². The number of hydrogen-bond donors (Lipinski definition) is 1. The molecule has 6 nitrogen and oxygen atoms in total. The third-order valence-electron chi connectivity index (χ3n) is 4.14. The molecule has 0 amide bonds. The minimum Gasteiger partial charge on any atom is -0.361 e. The van der Waals surface area contributed by atoms with Crippen LogP contribution in [0.1, 0.15) is 49.9 Å². The monoisotopic (exact) mass is 371 g/mol. The van der Waals surface area contributed by atoms with Crippen LogP contribution in [0, 0.1) is 5.92 Å². The van der Waals surface area contributed by atoms with E-state index < -0.39 is 0 Å². The van der Waals surface area contributed by atoms with E-state index in [1.165, 1.54) is 0 Å². The van der Waals surface area contributed by atoms with Gasteiger partial charge in [-0.05, 0) is 31.8 Å². The summed E-state index contributed by atoms with van der Waals surface area (Å²) in [6, 6.07) is 2.05. The first-order valence-electron chi connectivity index (χ1n) is 8.30. The van der Waals surface area contributed by atoms with Gasteiger partial charge in [0.25, 0.3) is 0 Å². The van der Waals surface area contributed by atoms with Crippen LogP contribution in [0.25, 0.3) is 0 Å². The summed E-state index contributed by atoms with van der Waals surface area (Å²) in [5.74, 6) is 3.93. The van der Waals surface area contributed by atoms with Crippen LogP contribution in [0.4, 0.5) is 0 Å². The molecule has 1 fully saturated rings. The van der Waals surface area contributed by atoms with Gasteiger partial charge >= 0.3 is 0 Å². The number of aromatic nitrogens is 4. The zero-order valence-corrected chi connectivity index (χ0v) is 16.1. The fourth-order valence-electron chi connectivity index (χ4n) is 2.95. The van der Waals surface area contributed by atoms with Gasteiger partial charge in [-0.2, -0.15) is 0 Å². The Morgan fingerprint density at radius 1 is 1.33 bits per heavy atom. The summed E-state index contributed by atoms with van der Waals surface area (Å²) in [7, 11) is 2.06. The van der Waals surface area contributed by atoms with Crippen molar-refractivity contribution in [2.24, 2.45) is 13.0 Å². The van der Waals surface area contributed by atoms with Gasteiger partial charge in [0, 0.05) is 31.2 Å². The highest BCUT2D eigenvalue weighted by Crippen LogP contribution is 2.27. The predicted molar refractivity (Wildman–Crippen MR) is 97.7 cm³/mol. The van der Waals surface area contributed by atoms with Crippen molar-refractivity contribution in [2.75, 3.05) is 13.1 Å². The molecule has 1 saturated heterocycles. The number of rotatable bonds is 6. The third-order valence-corrected chi connectivity index (χ3v) is 5.19. The molecule has 1 N–H and O–H groups in total. The Morgan fingerprint density at radius 2 is 2.08 bits per heavy atom. The molecule has 134 valence electrons. The van der Waals surface area contributed by atoms with E-state index in [2.05, 4.69) is 52.2 Å². The van der Waals surface area contributed by atoms with Crippen molar-refractivity contribution in [1.29, 1.82) is 0 Å². The van der Waals surface area contributed by atoms with Crippen molar-refractivity contribution in [3.8, 4) is 0 Å². The zero-order valence-electron chi connectivity index (χ0n) is 14.5.